The number of carbonyl (C=O) groups is 1. The summed E-state index contributed by atoms with van der Waals surface area (Å²) in [5.41, 5.74) is 1.97. The van der Waals surface area contributed by atoms with Crippen LogP contribution in [0.25, 0.3) is 22.0 Å². The van der Waals surface area contributed by atoms with Crippen LogP contribution in [0.4, 0.5) is 5.69 Å². The Morgan fingerprint density at radius 3 is 2.62 bits per heavy atom. The number of anilines is 1. The van der Waals surface area contributed by atoms with Crippen molar-refractivity contribution < 1.29 is 9.53 Å². The lowest BCUT2D eigenvalue weighted by Crippen LogP contribution is -2.11. The van der Waals surface area contributed by atoms with Crippen LogP contribution < -0.4 is 15.6 Å². The van der Waals surface area contributed by atoms with Gasteiger partial charge in [0.05, 0.1) is 23.0 Å². The lowest BCUT2D eigenvalue weighted by molar-refractivity contribution is 0.102. The Kier molecular flexibility index (Phi) is 6.25. The molecule has 160 valence electrons. The molecule has 0 aliphatic rings. The molecule has 0 aliphatic carbocycles. The third kappa shape index (κ3) is 4.82. The van der Waals surface area contributed by atoms with E-state index in [0.717, 1.165) is 5.56 Å². The number of amides is 1. The Morgan fingerprint density at radius 1 is 1.09 bits per heavy atom. The van der Waals surface area contributed by atoms with Crippen LogP contribution in [-0.2, 0) is 0 Å². The van der Waals surface area contributed by atoms with E-state index in [9.17, 15) is 9.59 Å². The molecular weight excluding hydrogens is 449 g/mol. The molecule has 6 nitrogen and oxygen atoms in total. The number of benzene rings is 3. The fraction of sp³-hybridized carbons (Fsp3) is 0.0417. The van der Waals surface area contributed by atoms with Gasteiger partial charge in [0.2, 0.25) is 0 Å². The van der Waals surface area contributed by atoms with Crippen molar-refractivity contribution in [2.24, 2.45) is 0 Å². The predicted molar refractivity (Wildman–Crippen MR) is 128 cm³/mol. The Balaban J connectivity index is 1.57. The number of rotatable bonds is 5. The normalized spacial score (nSPS) is 11.4. The zero-order chi connectivity index (χ0) is 22.7. The molecule has 0 aliphatic heterocycles. The van der Waals surface area contributed by atoms with Gasteiger partial charge in [0.1, 0.15) is 5.75 Å². The van der Waals surface area contributed by atoms with Crippen molar-refractivity contribution in [3.05, 3.63) is 99.1 Å². The van der Waals surface area contributed by atoms with Gasteiger partial charge >= 0.3 is 0 Å². The zero-order valence-corrected chi connectivity index (χ0v) is 18.4. The van der Waals surface area contributed by atoms with Crippen molar-refractivity contribution in [3.8, 4) is 5.75 Å². The largest absolute Gasteiger partial charge is 0.497 e. The number of hydrogen-bond acceptors (Lipinski definition) is 4. The number of H-pyrrole nitrogens is 1. The highest BCUT2D eigenvalue weighted by Crippen LogP contribution is 2.23. The first kappa shape index (κ1) is 21.6. The molecule has 0 saturated heterocycles. The molecule has 0 saturated carbocycles. The first-order chi connectivity index (χ1) is 15.4. The van der Waals surface area contributed by atoms with E-state index in [4.69, 9.17) is 27.9 Å². The summed E-state index contributed by atoms with van der Waals surface area (Å²) in [7, 11) is 1.57. The summed E-state index contributed by atoms with van der Waals surface area (Å²) >= 11 is 12.4. The van der Waals surface area contributed by atoms with Gasteiger partial charge in [-0.25, -0.2) is 4.98 Å². The van der Waals surface area contributed by atoms with E-state index in [-0.39, 0.29) is 22.3 Å². The maximum Gasteiger partial charge on any atom is 0.259 e. The standard InChI is InChI=1S/C24H17Cl2N3O3/c1-32-18-8-5-15(6-9-18)23(30)27-17-4-2-3-14(11-17)12-20(26)22-28-21-10-7-16(25)13-19(21)24(31)29-22/h2-13H,1H3,(H,27,30)(H,28,29,31)/b20-12-. The van der Waals surface area contributed by atoms with Crippen LogP contribution in [0.1, 0.15) is 21.7 Å². The minimum atomic E-state index is -0.334. The van der Waals surface area contributed by atoms with Crippen molar-refractivity contribution in [3.63, 3.8) is 0 Å². The summed E-state index contributed by atoms with van der Waals surface area (Å²) in [4.78, 5) is 31.9. The van der Waals surface area contributed by atoms with Crippen molar-refractivity contribution in [2.45, 2.75) is 0 Å². The highest BCUT2D eigenvalue weighted by Gasteiger charge is 2.09. The van der Waals surface area contributed by atoms with Gasteiger partial charge in [-0.1, -0.05) is 35.3 Å². The van der Waals surface area contributed by atoms with Gasteiger partial charge < -0.3 is 15.0 Å². The van der Waals surface area contributed by atoms with E-state index >= 15 is 0 Å². The number of aromatic nitrogens is 2. The molecule has 0 atom stereocenters. The second-order valence-corrected chi connectivity index (χ2v) is 7.72. The average molecular weight is 466 g/mol. The minimum absolute atomic E-state index is 0.235. The van der Waals surface area contributed by atoms with Gasteiger partial charge in [0.15, 0.2) is 5.82 Å². The Hall–Kier alpha value is -3.61. The lowest BCUT2D eigenvalue weighted by atomic mass is 10.1. The average Bonchev–Trinajstić information content (AvgIpc) is 2.79. The maximum absolute atomic E-state index is 12.5. The minimum Gasteiger partial charge on any atom is -0.497 e. The van der Waals surface area contributed by atoms with E-state index in [0.29, 0.717) is 32.9 Å². The molecular formula is C24H17Cl2N3O3. The van der Waals surface area contributed by atoms with E-state index in [1.54, 1.807) is 73.8 Å². The lowest BCUT2D eigenvalue weighted by Gasteiger charge is -2.07. The fourth-order valence-electron chi connectivity index (χ4n) is 3.09. The van der Waals surface area contributed by atoms with Crippen molar-refractivity contribution in [1.29, 1.82) is 0 Å². The molecule has 1 amide bonds. The van der Waals surface area contributed by atoms with E-state index in [1.165, 1.54) is 0 Å². The third-order valence-electron chi connectivity index (χ3n) is 4.68. The van der Waals surface area contributed by atoms with Crippen LogP contribution in [0.5, 0.6) is 5.75 Å². The number of methoxy groups -OCH3 is 1. The van der Waals surface area contributed by atoms with Gasteiger partial charge in [0, 0.05) is 16.3 Å². The Bertz CT molecular complexity index is 1400. The third-order valence-corrected chi connectivity index (χ3v) is 5.21. The summed E-state index contributed by atoms with van der Waals surface area (Å²) < 4.78 is 5.11. The van der Waals surface area contributed by atoms with Gasteiger partial charge in [0.25, 0.3) is 11.5 Å². The fourth-order valence-corrected chi connectivity index (χ4v) is 3.48. The van der Waals surface area contributed by atoms with Crippen LogP contribution in [0.2, 0.25) is 5.02 Å². The second kappa shape index (κ2) is 9.26. The van der Waals surface area contributed by atoms with E-state index in [2.05, 4.69) is 15.3 Å². The Labute approximate surface area is 193 Å². The van der Waals surface area contributed by atoms with Gasteiger partial charge in [-0.15, -0.1) is 0 Å². The second-order valence-electron chi connectivity index (χ2n) is 6.88. The van der Waals surface area contributed by atoms with E-state index < -0.39 is 0 Å². The molecule has 0 radical (unpaired) electrons. The van der Waals surface area contributed by atoms with Crippen molar-refractivity contribution in [1.82, 2.24) is 9.97 Å². The highest BCUT2D eigenvalue weighted by atomic mass is 35.5. The SMILES string of the molecule is COc1ccc(C(=O)Nc2cccc(/C=C(\Cl)c3nc4ccc(Cl)cc4c(=O)[nH]3)c2)cc1. The summed E-state index contributed by atoms with van der Waals surface area (Å²) in [5, 5.41) is 3.93. The van der Waals surface area contributed by atoms with E-state index in [1.807, 2.05) is 6.07 Å². The molecule has 1 aromatic heterocycles. The molecule has 0 bridgehead atoms. The maximum atomic E-state index is 12.5. The molecule has 8 heteroatoms. The molecule has 0 spiro atoms. The molecule has 0 unspecified atom stereocenters. The quantitative estimate of drug-likeness (QED) is 0.403. The number of nitrogens with zero attached hydrogens (tertiary/aromatic N) is 1. The van der Waals surface area contributed by atoms with Crippen molar-refractivity contribution in [2.75, 3.05) is 12.4 Å². The number of halogens is 2. The zero-order valence-electron chi connectivity index (χ0n) is 16.9. The molecule has 4 rings (SSSR count). The van der Waals surface area contributed by atoms with Crippen LogP contribution in [0, 0.1) is 0 Å². The molecule has 3 aromatic carbocycles. The number of ether oxygens (including phenoxy) is 1. The number of fused-ring (bicyclic) bond motifs is 1. The monoisotopic (exact) mass is 465 g/mol. The van der Waals surface area contributed by atoms with Crippen LogP contribution in [-0.4, -0.2) is 23.0 Å². The highest BCUT2D eigenvalue weighted by molar-refractivity contribution is 6.50. The molecule has 1 heterocycles. The molecule has 2 N–H and O–H groups in total. The number of carbonyl (C=O) groups excluding carboxylic acids is 1. The predicted octanol–water partition coefficient (Wildman–Crippen LogP) is 5.57. The summed E-state index contributed by atoms with van der Waals surface area (Å²) in [6, 6.07) is 18.8. The Morgan fingerprint density at radius 2 is 1.88 bits per heavy atom. The van der Waals surface area contributed by atoms with Gasteiger partial charge in [-0.2, -0.15) is 0 Å². The molecule has 4 aromatic rings. The number of nitrogens with one attached hydrogen (secondary N) is 2. The first-order valence-electron chi connectivity index (χ1n) is 9.55. The number of aromatic amines is 1. The van der Waals surface area contributed by atoms with Gasteiger partial charge in [-0.3, -0.25) is 9.59 Å². The smallest absolute Gasteiger partial charge is 0.259 e. The topological polar surface area (TPSA) is 84.1 Å². The molecule has 0 fully saturated rings. The van der Waals surface area contributed by atoms with Crippen LogP contribution in [0.3, 0.4) is 0 Å². The van der Waals surface area contributed by atoms with Crippen molar-refractivity contribution >= 4 is 56.8 Å². The van der Waals surface area contributed by atoms with Gasteiger partial charge in [-0.05, 0) is 66.2 Å². The van der Waals surface area contributed by atoms with Crippen LogP contribution in [0.15, 0.2) is 71.5 Å². The summed E-state index contributed by atoms with van der Waals surface area (Å²) in [6.45, 7) is 0. The molecule has 32 heavy (non-hydrogen) atoms. The van der Waals surface area contributed by atoms with Crippen LogP contribution >= 0.6 is 23.2 Å². The number of hydrogen-bond donors (Lipinski definition) is 2. The summed E-state index contributed by atoms with van der Waals surface area (Å²) in [5.74, 6) is 0.657. The first-order valence-corrected chi connectivity index (χ1v) is 10.3. The summed E-state index contributed by atoms with van der Waals surface area (Å²) in [6.07, 6.45) is 1.66.